The Morgan fingerprint density at radius 1 is 0.955 bits per heavy atom. The van der Waals surface area contributed by atoms with Gasteiger partial charge < -0.3 is 9.84 Å². The van der Waals surface area contributed by atoms with Crippen LogP contribution < -0.4 is 5.32 Å². The molecule has 0 saturated heterocycles. The van der Waals surface area contributed by atoms with Crippen molar-refractivity contribution in [2.45, 2.75) is 38.5 Å². The molecule has 0 aliphatic rings. The van der Waals surface area contributed by atoms with Crippen molar-refractivity contribution in [2.24, 2.45) is 0 Å². The van der Waals surface area contributed by atoms with Gasteiger partial charge in [-0.25, -0.2) is 0 Å². The van der Waals surface area contributed by atoms with E-state index in [2.05, 4.69) is 61.6 Å². The molecule has 3 aromatic carbocycles. The zero-order valence-corrected chi connectivity index (χ0v) is 27.0. The SMILES string of the molecule is CC(C)(C)c1ccc(C(Cc2ccc(C(=O)NCCS(=O)(=O)O)cc2)c2cc(-c3ccc(-c4ccc(Cl)cc4)s3)on2)cc1. The molecule has 1 amide bonds. The highest BCUT2D eigenvalue weighted by Crippen LogP contribution is 2.37. The predicted octanol–water partition coefficient (Wildman–Crippen LogP) is 8.01. The second kappa shape index (κ2) is 13.1. The van der Waals surface area contributed by atoms with E-state index in [-0.39, 0.29) is 17.9 Å². The maximum absolute atomic E-state index is 12.4. The summed E-state index contributed by atoms with van der Waals surface area (Å²) in [7, 11) is -4.15. The van der Waals surface area contributed by atoms with Crippen LogP contribution in [0, 0.1) is 0 Å². The number of aromatic nitrogens is 1. The molecule has 0 aliphatic carbocycles. The number of carbonyl (C=O) groups excluding carboxylic acids is 1. The summed E-state index contributed by atoms with van der Waals surface area (Å²) in [5.41, 5.74) is 5.63. The number of benzene rings is 3. The van der Waals surface area contributed by atoms with Crippen LogP contribution in [0.1, 0.15) is 59.4 Å². The Kier molecular flexibility index (Phi) is 9.41. The first-order valence-electron chi connectivity index (χ1n) is 14.1. The summed E-state index contributed by atoms with van der Waals surface area (Å²) in [5, 5.41) is 7.72. The third kappa shape index (κ3) is 8.04. The molecule has 228 valence electrons. The number of thiophene rings is 1. The Bertz CT molecular complexity index is 1840. The topological polar surface area (TPSA) is 110 Å². The molecule has 2 heterocycles. The third-order valence-electron chi connectivity index (χ3n) is 7.34. The van der Waals surface area contributed by atoms with E-state index in [1.807, 2.05) is 48.5 Å². The van der Waals surface area contributed by atoms with E-state index in [1.54, 1.807) is 23.5 Å². The first kappa shape index (κ1) is 31.7. The molecule has 7 nitrogen and oxygen atoms in total. The van der Waals surface area contributed by atoms with Crippen LogP contribution in [0.3, 0.4) is 0 Å². The van der Waals surface area contributed by atoms with Crippen LogP contribution in [0.2, 0.25) is 5.02 Å². The van der Waals surface area contributed by atoms with Gasteiger partial charge in [-0.3, -0.25) is 9.35 Å². The normalized spacial score (nSPS) is 12.7. The first-order chi connectivity index (χ1) is 20.9. The monoisotopic (exact) mass is 648 g/mol. The smallest absolute Gasteiger partial charge is 0.266 e. The molecular weight excluding hydrogens is 616 g/mol. The van der Waals surface area contributed by atoms with Crippen molar-refractivity contribution in [1.82, 2.24) is 10.5 Å². The summed E-state index contributed by atoms with van der Waals surface area (Å²) < 4.78 is 36.6. The van der Waals surface area contributed by atoms with E-state index in [0.29, 0.717) is 22.8 Å². The summed E-state index contributed by atoms with van der Waals surface area (Å²) >= 11 is 7.69. The lowest BCUT2D eigenvalue weighted by molar-refractivity contribution is 0.0956. The molecule has 0 radical (unpaired) electrons. The van der Waals surface area contributed by atoms with Gasteiger partial charge in [-0.05, 0) is 70.5 Å². The molecule has 10 heteroatoms. The number of halogens is 1. The molecule has 0 aliphatic heterocycles. The minimum Gasteiger partial charge on any atom is -0.355 e. The van der Waals surface area contributed by atoms with Gasteiger partial charge in [-0.1, -0.05) is 86.1 Å². The lowest BCUT2D eigenvalue weighted by Crippen LogP contribution is -2.28. The lowest BCUT2D eigenvalue weighted by atomic mass is 9.83. The van der Waals surface area contributed by atoms with Gasteiger partial charge in [0.05, 0.1) is 16.3 Å². The fraction of sp³-hybridized carbons (Fsp3) is 0.235. The Hall–Kier alpha value is -3.76. The molecule has 5 rings (SSSR count). The summed E-state index contributed by atoms with van der Waals surface area (Å²) in [6.07, 6.45) is 0.617. The van der Waals surface area contributed by atoms with E-state index in [4.69, 9.17) is 20.7 Å². The molecule has 0 spiro atoms. The van der Waals surface area contributed by atoms with Crippen LogP contribution in [-0.4, -0.2) is 36.3 Å². The summed E-state index contributed by atoms with van der Waals surface area (Å²) in [6, 6.07) is 29.6. The second-order valence-corrected chi connectivity index (χ2v) is 14.7. The molecule has 0 bridgehead atoms. The zero-order valence-electron chi connectivity index (χ0n) is 24.6. The molecule has 5 aromatic rings. The summed E-state index contributed by atoms with van der Waals surface area (Å²) in [6.45, 7) is 6.38. The number of amides is 1. The minimum atomic E-state index is -4.15. The quantitative estimate of drug-likeness (QED) is 0.148. The Morgan fingerprint density at radius 2 is 1.61 bits per heavy atom. The highest BCUT2D eigenvalue weighted by atomic mass is 35.5. The number of carbonyl (C=O) groups is 1. The van der Waals surface area contributed by atoms with E-state index in [0.717, 1.165) is 32.1 Å². The molecule has 0 saturated carbocycles. The standard InChI is InChI=1S/C34H33ClN2O5S2/c1-34(2,3)26-12-8-23(9-13-26)28(20-22-4-6-25(7-5-22)33(38)36-18-19-44(39,40)41)29-21-30(42-37-29)32-17-16-31(43-32)24-10-14-27(35)15-11-24/h4-17,21,28H,18-20H2,1-3H3,(H,36,38)(H,39,40,41). The van der Waals surface area contributed by atoms with Crippen molar-refractivity contribution in [3.8, 4) is 21.1 Å². The predicted molar refractivity (Wildman–Crippen MR) is 176 cm³/mol. The van der Waals surface area contributed by atoms with Gasteiger partial charge in [0.15, 0.2) is 5.76 Å². The minimum absolute atomic E-state index is 0.0216. The van der Waals surface area contributed by atoms with Crippen LogP contribution >= 0.6 is 22.9 Å². The van der Waals surface area contributed by atoms with Gasteiger partial charge in [0.2, 0.25) is 0 Å². The van der Waals surface area contributed by atoms with Gasteiger partial charge in [0, 0.05) is 34.0 Å². The fourth-order valence-electron chi connectivity index (χ4n) is 4.84. The van der Waals surface area contributed by atoms with Crippen LogP contribution in [0.25, 0.3) is 21.1 Å². The second-order valence-electron chi connectivity index (χ2n) is 11.7. The Balaban J connectivity index is 1.39. The van der Waals surface area contributed by atoms with Gasteiger partial charge >= 0.3 is 0 Å². The summed E-state index contributed by atoms with van der Waals surface area (Å²) in [5.74, 6) is -0.366. The molecule has 1 atom stereocenters. The maximum Gasteiger partial charge on any atom is 0.266 e. The third-order valence-corrected chi connectivity index (χ3v) is 9.46. The molecule has 2 aromatic heterocycles. The van der Waals surface area contributed by atoms with E-state index in [1.165, 1.54) is 5.56 Å². The van der Waals surface area contributed by atoms with E-state index < -0.39 is 21.8 Å². The molecular formula is C34H33ClN2O5S2. The van der Waals surface area contributed by atoms with Gasteiger partial charge in [-0.2, -0.15) is 8.42 Å². The summed E-state index contributed by atoms with van der Waals surface area (Å²) in [4.78, 5) is 14.5. The van der Waals surface area contributed by atoms with Crippen molar-refractivity contribution < 1.29 is 22.3 Å². The van der Waals surface area contributed by atoms with Crippen molar-refractivity contribution >= 4 is 39.0 Å². The van der Waals surface area contributed by atoms with E-state index in [9.17, 15) is 13.2 Å². The average Bonchev–Trinajstić information content (AvgIpc) is 3.66. The molecule has 2 N–H and O–H groups in total. The molecule has 0 fully saturated rings. The lowest BCUT2D eigenvalue weighted by Gasteiger charge is -2.21. The van der Waals surface area contributed by atoms with Crippen molar-refractivity contribution in [3.63, 3.8) is 0 Å². The molecule has 44 heavy (non-hydrogen) atoms. The first-order valence-corrected chi connectivity index (χ1v) is 16.9. The zero-order chi connectivity index (χ0) is 31.5. The van der Waals surface area contributed by atoms with Crippen LogP contribution in [0.15, 0.2) is 95.5 Å². The number of nitrogens with one attached hydrogen (secondary N) is 1. The largest absolute Gasteiger partial charge is 0.355 e. The highest BCUT2D eigenvalue weighted by molar-refractivity contribution is 7.85. The van der Waals surface area contributed by atoms with Crippen molar-refractivity contribution in [2.75, 3.05) is 12.3 Å². The van der Waals surface area contributed by atoms with Crippen LogP contribution in [0.5, 0.6) is 0 Å². The van der Waals surface area contributed by atoms with Gasteiger partial charge in [-0.15, -0.1) is 11.3 Å². The van der Waals surface area contributed by atoms with Crippen molar-refractivity contribution in [3.05, 3.63) is 124 Å². The Morgan fingerprint density at radius 3 is 2.25 bits per heavy atom. The maximum atomic E-state index is 12.4. The average molecular weight is 649 g/mol. The number of hydrogen-bond acceptors (Lipinski definition) is 6. The fourth-order valence-corrected chi connectivity index (χ4v) is 6.29. The van der Waals surface area contributed by atoms with Gasteiger partial charge in [0.25, 0.3) is 16.0 Å². The number of hydrogen-bond donors (Lipinski definition) is 2. The molecule has 1 unspecified atom stereocenters. The van der Waals surface area contributed by atoms with Crippen molar-refractivity contribution in [1.29, 1.82) is 0 Å². The Labute approximate surface area is 266 Å². The van der Waals surface area contributed by atoms with Crippen LogP contribution in [0.4, 0.5) is 0 Å². The van der Waals surface area contributed by atoms with Gasteiger partial charge in [0.1, 0.15) is 0 Å². The number of nitrogens with zero attached hydrogens (tertiary/aromatic N) is 1. The number of rotatable bonds is 10. The van der Waals surface area contributed by atoms with E-state index >= 15 is 0 Å². The highest BCUT2D eigenvalue weighted by Gasteiger charge is 2.22. The van der Waals surface area contributed by atoms with Crippen LogP contribution in [-0.2, 0) is 22.0 Å².